The third kappa shape index (κ3) is 3.58. The minimum Gasteiger partial charge on any atom is -0.479 e. The smallest absolute Gasteiger partial charge is 0.338 e. The predicted molar refractivity (Wildman–Crippen MR) is 81.1 cm³/mol. The Bertz CT molecular complexity index is 570. The van der Waals surface area contributed by atoms with E-state index >= 15 is 0 Å². The van der Waals surface area contributed by atoms with Crippen molar-refractivity contribution < 1.29 is 14.7 Å². The second-order valence-corrected chi connectivity index (χ2v) is 5.76. The first-order chi connectivity index (χ1) is 9.81. The van der Waals surface area contributed by atoms with Gasteiger partial charge in [-0.2, -0.15) is 0 Å². The number of para-hydroxylation sites is 1. The normalized spacial score (nSPS) is 17.1. The van der Waals surface area contributed by atoms with Gasteiger partial charge in [-0.25, -0.2) is 14.9 Å². The summed E-state index contributed by atoms with van der Waals surface area (Å²) in [4.78, 5) is 20.9. The summed E-state index contributed by atoms with van der Waals surface area (Å²) < 4.78 is 0. The van der Waals surface area contributed by atoms with Crippen LogP contribution < -0.4 is 5.32 Å². The van der Waals surface area contributed by atoms with Crippen LogP contribution in [-0.2, 0) is 9.63 Å². The molecular weight excluding hydrogens is 317 g/mol. The number of hydrogen-bond donors (Lipinski definition) is 2. The van der Waals surface area contributed by atoms with E-state index in [4.69, 9.17) is 33.1 Å². The Labute approximate surface area is 132 Å². The zero-order valence-corrected chi connectivity index (χ0v) is 13.1. The van der Waals surface area contributed by atoms with Gasteiger partial charge in [0, 0.05) is 6.54 Å². The lowest BCUT2D eigenvalue weighted by Gasteiger charge is -2.26. The summed E-state index contributed by atoms with van der Waals surface area (Å²) in [6.07, 6.45) is 0. The van der Waals surface area contributed by atoms with Gasteiger partial charge in [-0.15, -0.1) is 0 Å². The largest absolute Gasteiger partial charge is 0.479 e. The number of hydroxylamine groups is 2. The number of carboxylic acids is 1. The second kappa shape index (κ2) is 6.09. The van der Waals surface area contributed by atoms with Crippen LogP contribution in [0.25, 0.3) is 0 Å². The summed E-state index contributed by atoms with van der Waals surface area (Å²) in [6, 6.07) is 5.07. The van der Waals surface area contributed by atoms with E-state index in [0.717, 1.165) is 0 Å². The van der Waals surface area contributed by atoms with Gasteiger partial charge in [0.25, 0.3) is 0 Å². The molecule has 2 N–H and O–H groups in total. The third-order valence-electron chi connectivity index (χ3n) is 2.84. The Kier molecular flexibility index (Phi) is 4.61. The molecule has 6 nitrogen and oxygen atoms in total. The number of rotatable bonds is 4. The maximum atomic E-state index is 11.1. The molecule has 1 aromatic carbocycles. The molecule has 2 rings (SSSR count). The number of halogens is 2. The van der Waals surface area contributed by atoms with Gasteiger partial charge in [0.2, 0.25) is 5.96 Å². The fourth-order valence-corrected chi connectivity index (χ4v) is 2.15. The van der Waals surface area contributed by atoms with Crippen LogP contribution in [-0.4, -0.2) is 40.8 Å². The zero-order valence-electron chi connectivity index (χ0n) is 11.6. The summed E-state index contributed by atoms with van der Waals surface area (Å²) in [5, 5.41) is 14.3. The van der Waals surface area contributed by atoms with Gasteiger partial charge in [-0.05, 0) is 26.0 Å². The van der Waals surface area contributed by atoms with Crippen molar-refractivity contribution in [1.82, 2.24) is 10.4 Å². The van der Waals surface area contributed by atoms with Crippen molar-refractivity contribution in [2.24, 2.45) is 4.99 Å². The first-order valence-corrected chi connectivity index (χ1v) is 7.03. The molecular formula is C13H15Cl2N3O3. The number of hydrogen-bond acceptors (Lipinski definition) is 3. The number of aliphatic imine (C=N–C) groups is 1. The number of guanidine groups is 1. The molecule has 0 radical (unpaired) electrons. The van der Waals surface area contributed by atoms with Crippen LogP contribution in [0.4, 0.5) is 5.69 Å². The van der Waals surface area contributed by atoms with Crippen LogP contribution in [0.15, 0.2) is 23.2 Å². The standard InChI is InChI=1S/C13H15Cl2N3O3/c1-13(2,11(19)20)21-18-7-6-16-12(18)17-10-8(14)4-3-5-9(10)15/h3-5H,6-7H2,1-2H3,(H,16,17)(H,19,20). The first-order valence-electron chi connectivity index (χ1n) is 6.28. The van der Waals surface area contributed by atoms with Crippen molar-refractivity contribution in [3.05, 3.63) is 28.2 Å². The van der Waals surface area contributed by atoms with E-state index in [9.17, 15) is 4.79 Å². The van der Waals surface area contributed by atoms with Gasteiger partial charge >= 0.3 is 5.97 Å². The van der Waals surface area contributed by atoms with Crippen LogP contribution in [0.5, 0.6) is 0 Å². The lowest BCUT2D eigenvalue weighted by Crippen LogP contribution is -2.43. The van der Waals surface area contributed by atoms with Gasteiger partial charge < -0.3 is 10.4 Å². The number of nitrogens with one attached hydrogen (secondary N) is 1. The highest BCUT2D eigenvalue weighted by Gasteiger charge is 2.34. The number of aliphatic carboxylic acids is 1. The molecule has 0 unspecified atom stereocenters. The summed E-state index contributed by atoms with van der Waals surface area (Å²) in [7, 11) is 0. The lowest BCUT2D eigenvalue weighted by atomic mass is 10.1. The molecule has 0 atom stereocenters. The van der Waals surface area contributed by atoms with Gasteiger partial charge in [-0.3, -0.25) is 4.84 Å². The van der Waals surface area contributed by atoms with Gasteiger partial charge in [0.05, 0.1) is 16.6 Å². The van der Waals surface area contributed by atoms with E-state index in [1.54, 1.807) is 18.2 Å². The molecule has 0 aliphatic carbocycles. The first kappa shape index (κ1) is 15.9. The van der Waals surface area contributed by atoms with E-state index in [1.165, 1.54) is 18.9 Å². The molecule has 0 aromatic heterocycles. The van der Waals surface area contributed by atoms with Crippen molar-refractivity contribution in [2.45, 2.75) is 19.4 Å². The second-order valence-electron chi connectivity index (χ2n) is 4.94. The summed E-state index contributed by atoms with van der Waals surface area (Å²) in [6.45, 7) is 3.98. The Morgan fingerprint density at radius 1 is 1.43 bits per heavy atom. The molecule has 1 aliphatic heterocycles. The van der Waals surface area contributed by atoms with Crippen molar-refractivity contribution in [3.63, 3.8) is 0 Å². The van der Waals surface area contributed by atoms with E-state index in [2.05, 4.69) is 10.3 Å². The van der Waals surface area contributed by atoms with Gasteiger partial charge in [-0.1, -0.05) is 29.3 Å². The molecule has 1 aromatic rings. The van der Waals surface area contributed by atoms with E-state index in [0.29, 0.717) is 34.8 Å². The number of benzene rings is 1. The van der Waals surface area contributed by atoms with Crippen LogP contribution in [0, 0.1) is 0 Å². The topological polar surface area (TPSA) is 74.2 Å². The SMILES string of the molecule is CC(C)(ON1CCN/C1=N\c1c(Cl)cccc1Cl)C(=O)O. The highest BCUT2D eigenvalue weighted by molar-refractivity contribution is 6.38. The molecule has 1 heterocycles. The highest BCUT2D eigenvalue weighted by Crippen LogP contribution is 2.33. The van der Waals surface area contributed by atoms with E-state index in [1.807, 2.05) is 0 Å². The Morgan fingerprint density at radius 3 is 2.62 bits per heavy atom. The molecule has 8 heteroatoms. The lowest BCUT2D eigenvalue weighted by molar-refractivity contribution is -0.206. The highest BCUT2D eigenvalue weighted by atomic mass is 35.5. The molecule has 0 bridgehead atoms. The van der Waals surface area contributed by atoms with E-state index < -0.39 is 11.6 Å². The van der Waals surface area contributed by atoms with E-state index in [-0.39, 0.29) is 0 Å². The maximum absolute atomic E-state index is 11.1. The average molecular weight is 332 g/mol. The Hall–Kier alpha value is -1.50. The van der Waals surface area contributed by atoms with Gasteiger partial charge in [0.1, 0.15) is 5.69 Å². The number of nitrogens with zero attached hydrogens (tertiary/aromatic N) is 2. The van der Waals surface area contributed by atoms with Crippen molar-refractivity contribution in [1.29, 1.82) is 0 Å². The molecule has 114 valence electrons. The molecule has 0 spiro atoms. The fourth-order valence-electron chi connectivity index (χ4n) is 1.66. The predicted octanol–water partition coefficient (Wildman–Crippen LogP) is 2.68. The average Bonchev–Trinajstić information content (AvgIpc) is 2.80. The minimum atomic E-state index is -1.36. The van der Waals surface area contributed by atoms with Crippen LogP contribution in [0.3, 0.4) is 0 Å². The van der Waals surface area contributed by atoms with Crippen LogP contribution in [0.2, 0.25) is 10.0 Å². The quantitative estimate of drug-likeness (QED) is 0.887. The van der Waals surface area contributed by atoms with Crippen molar-refractivity contribution >= 4 is 40.8 Å². The molecule has 21 heavy (non-hydrogen) atoms. The Morgan fingerprint density at radius 2 is 2.05 bits per heavy atom. The third-order valence-corrected chi connectivity index (χ3v) is 3.45. The van der Waals surface area contributed by atoms with Gasteiger partial charge in [0.15, 0.2) is 5.60 Å². The van der Waals surface area contributed by atoms with Crippen molar-refractivity contribution in [3.8, 4) is 0 Å². The number of carboxylic acid groups (broad SMARTS) is 1. The summed E-state index contributed by atoms with van der Waals surface area (Å²) in [5.41, 5.74) is -0.955. The minimum absolute atomic E-state index is 0.374. The molecule has 1 fully saturated rings. The number of carbonyl (C=O) groups is 1. The van der Waals surface area contributed by atoms with Crippen LogP contribution in [0.1, 0.15) is 13.8 Å². The molecule has 1 aliphatic rings. The van der Waals surface area contributed by atoms with Crippen molar-refractivity contribution in [2.75, 3.05) is 13.1 Å². The van der Waals surface area contributed by atoms with Crippen LogP contribution >= 0.6 is 23.2 Å². The summed E-state index contributed by atoms with van der Waals surface area (Å²) in [5.74, 6) is -0.691. The molecule has 0 saturated carbocycles. The molecule has 1 saturated heterocycles. The fraction of sp³-hybridized carbons (Fsp3) is 0.385. The monoisotopic (exact) mass is 331 g/mol. The Balaban J connectivity index is 2.26. The maximum Gasteiger partial charge on any atom is 0.338 e. The molecule has 0 amide bonds. The summed E-state index contributed by atoms with van der Waals surface area (Å²) >= 11 is 12.1. The zero-order chi connectivity index (χ0) is 15.6.